The first kappa shape index (κ1) is 24.2. The standard InChI is InChI=1S/C23H24ClN5O3S2/c24-14-9-7-13(8-10-14)19(22(31)27-15-4-1-2-5-15)29(12-16-6-3-11-33-16)23(32)20-17(25)18(21(26)30)28-34-20/h3,6-11,15,19H,1-2,4-5,12,25H2,(H2,26,30)(H,27,31). The van der Waals surface area contributed by atoms with Crippen molar-refractivity contribution in [2.24, 2.45) is 5.73 Å². The van der Waals surface area contributed by atoms with Crippen LogP contribution in [0.2, 0.25) is 5.02 Å². The number of thiophene rings is 1. The molecule has 34 heavy (non-hydrogen) atoms. The van der Waals surface area contributed by atoms with Crippen molar-refractivity contribution in [3.63, 3.8) is 0 Å². The van der Waals surface area contributed by atoms with E-state index in [0.717, 1.165) is 42.1 Å². The van der Waals surface area contributed by atoms with Gasteiger partial charge in [-0.2, -0.15) is 4.37 Å². The predicted molar refractivity (Wildman–Crippen MR) is 134 cm³/mol. The summed E-state index contributed by atoms with van der Waals surface area (Å²) in [6.45, 7) is 0.172. The van der Waals surface area contributed by atoms with E-state index < -0.39 is 17.9 Å². The Hall–Kier alpha value is -2.95. The van der Waals surface area contributed by atoms with Crippen molar-refractivity contribution in [3.8, 4) is 0 Å². The Bertz CT molecular complexity index is 1170. The van der Waals surface area contributed by atoms with Gasteiger partial charge in [0, 0.05) is 15.9 Å². The molecule has 1 unspecified atom stereocenters. The van der Waals surface area contributed by atoms with Gasteiger partial charge >= 0.3 is 0 Å². The molecule has 4 rings (SSSR count). The maximum absolute atomic E-state index is 13.8. The van der Waals surface area contributed by atoms with Crippen molar-refractivity contribution in [2.45, 2.75) is 44.3 Å². The molecule has 1 fully saturated rings. The highest BCUT2D eigenvalue weighted by molar-refractivity contribution is 7.10. The lowest BCUT2D eigenvalue weighted by Gasteiger charge is -2.32. The van der Waals surface area contributed by atoms with E-state index in [4.69, 9.17) is 23.1 Å². The molecule has 3 amide bonds. The van der Waals surface area contributed by atoms with E-state index in [1.54, 1.807) is 24.3 Å². The molecule has 1 saturated carbocycles. The highest BCUT2D eigenvalue weighted by Gasteiger charge is 2.36. The molecular weight excluding hydrogens is 494 g/mol. The zero-order valence-corrected chi connectivity index (χ0v) is 20.6. The van der Waals surface area contributed by atoms with Crippen LogP contribution in [0.1, 0.15) is 62.3 Å². The number of aromatic nitrogens is 1. The van der Waals surface area contributed by atoms with Crippen LogP contribution in [-0.4, -0.2) is 33.0 Å². The fourth-order valence-electron chi connectivity index (χ4n) is 4.08. The molecule has 0 aliphatic heterocycles. The maximum atomic E-state index is 13.8. The molecule has 1 aromatic carbocycles. The first-order valence-corrected chi connectivity index (χ1v) is 12.8. The molecular formula is C23H24ClN5O3S2. The van der Waals surface area contributed by atoms with Crippen LogP contribution in [0.25, 0.3) is 0 Å². The Morgan fingerprint density at radius 1 is 1.18 bits per heavy atom. The summed E-state index contributed by atoms with van der Waals surface area (Å²) in [5.74, 6) is -1.60. The molecule has 3 aromatic rings. The lowest BCUT2D eigenvalue weighted by atomic mass is 10.0. The van der Waals surface area contributed by atoms with E-state index in [1.807, 2.05) is 17.5 Å². The number of benzene rings is 1. The van der Waals surface area contributed by atoms with Gasteiger partial charge in [-0.25, -0.2) is 0 Å². The highest BCUT2D eigenvalue weighted by atomic mass is 35.5. The summed E-state index contributed by atoms with van der Waals surface area (Å²) in [5, 5.41) is 5.54. The number of carbonyl (C=O) groups excluding carboxylic acids is 3. The SMILES string of the molecule is NC(=O)c1nsc(C(=O)N(Cc2cccs2)C(C(=O)NC2CCCC2)c2ccc(Cl)cc2)c1N. The molecule has 1 aliphatic carbocycles. The molecule has 0 bridgehead atoms. The molecule has 8 nitrogen and oxygen atoms in total. The van der Waals surface area contributed by atoms with Gasteiger partial charge in [-0.05, 0) is 53.5 Å². The number of carbonyl (C=O) groups is 3. The maximum Gasteiger partial charge on any atom is 0.270 e. The Labute approximate surface area is 210 Å². The minimum atomic E-state index is -0.939. The predicted octanol–water partition coefficient (Wildman–Crippen LogP) is 3.98. The molecule has 0 radical (unpaired) electrons. The minimum absolute atomic E-state index is 0.0657. The smallest absolute Gasteiger partial charge is 0.270 e. The van der Waals surface area contributed by atoms with Crippen molar-refractivity contribution in [1.82, 2.24) is 14.6 Å². The zero-order chi connectivity index (χ0) is 24.2. The Morgan fingerprint density at radius 3 is 2.47 bits per heavy atom. The van der Waals surface area contributed by atoms with Crippen molar-refractivity contribution in [1.29, 1.82) is 0 Å². The number of hydrogen-bond acceptors (Lipinski definition) is 7. The van der Waals surface area contributed by atoms with Crippen LogP contribution in [0.15, 0.2) is 41.8 Å². The number of anilines is 1. The van der Waals surface area contributed by atoms with E-state index in [0.29, 0.717) is 10.6 Å². The van der Waals surface area contributed by atoms with Crippen molar-refractivity contribution in [3.05, 3.63) is 67.8 Å². The summed E-state index contributed by atoms with van der Waals surface area (Å²) >= 11 is 8.36. The normalized spacial score (nSPS) is 14.6. The molecule has 2 heterocycles. The molecule has 2 aromatic heterocycles. The van der Waals surface area contributed by atoms with Gasteiger partial charge in [-0.3, -0.25) is 14.4 Å². The summed E-state index contributed by atoms with van der Waals surface area (Å²) in [4.78, 5) is 41.5. The fourth-order valence-corrected chi connectivity index (χ4v) is 5.67. The number of nitrogen functional groups attached to an aromatic ring is 1. The first-order chi connectivity index (χ1) is 16.3. The number of nitrogens with one attached hydrogen (secondary N) is 1. The Balaban J connectivity index is 1.76. The van der Waals surface area contributed by atoms with Gasteiger partial charge in [-0.15, -0.1) is 11.3 Å². The third-order valence-electron chi connectivity index (χ3n) is 5.77. The first-order valence-electron chi connectivity index (χ1n) is 10.8. The lowest BCUT2D eigenvalue weighted by molar-refractivity contribution is -0.126. The van der Waals surface area contributed by atoms with Crippen LogP contribution in [0, 0.1) is 0 Å². The summed E-state index contributed by atoms with van der Waals surface area (Å²) in [5.41, 5.74) is 11.8. The second-order valence-corrected chi connectivity index (χ2v) is 10.3. The van der Waals surface area contributed by atoms with Crippen molar-refractivity contribution in [2.75, 3.05) is 5.73 Å². The average Bonchev–Trinajstić information content (AvgIpc) is 3.57. The topological polar surface area (TPSA) is 131 Å². The second-order valence-electron chi connectivity index (χ2n) is 8.09. The van der Waals surface area contributed by atoms with E-state index in [2.05, 4.69) is 9.69 Å². The van der Waals surface area contributed by atoms with E-state index >= 15 is 0 Å². The second kappa shape index (κ2) is 10.5. The van der Waals surface area contributed by atoms with Gasteiger partial charge in [0.2, 0.25) is 5.91 Å². The average molecular weight is 518 g/mol. The van der Waals surface area contributed by atoms with Crippen molar-refractivity contribution >= 4 is 57.9 Å². The van der Waals surface area contributed by atoms with Gasteiger partial charge in [0.05, 0.1) is 12.2 Å². The highest BCUT2D eigenvalue weighted by Crippen LogP contribution is 2.32. The van der Waals surface area contributed by atoms with Gasteiger partial charge in [0.25, 0.3) is 11.8 Å². The van der Waals surface area contributed by atoms with Crippen LogP contribution >= 0.6 is 34.5 Å². The molecule has 178 valence electrons. The molecule has 1 atom stereocenters. The van der Waals surface area contributed by atoms with Gasteiger partial charge in [0.1, 0.15) is 10.9 Å². The molecule has 0 saturated heterocycles. The summed E-state index contributed by atoms with van der Waals surface area (Å²) in [6, 6.07) is 9.75. The van der Waals surface area contributed by atoms with Crippen LogP contribution in [0.4, 0.5) is 5.69 Å². The minimum Gasteiger partial charge on any atom is -0.395 e. The van der Waals surface area contributed by atoms with Crippen LogP contribution in [-0.2, 0) is 11.3 Å². The van der Waals surface area contributed by atoms with Crippen LogP contribution in [0.5, 0.6) is 0 Å². The summed E-state index contributed by atoms with van der Waals surface area (Å²) in [7, 11) is 0. The fraction of sp³-hybridized carbons (Fsp3) is 0.304. The molecule has 0 spiro atoms. The number of nitrogens with two attached hydrogens (primary N) is 2. The van der Waals surface area contributed by atoms with Gasteiger partial charge in [0.15, 0.2) is 5.69 Å². The molecule has 5 N–H and O–H groups in total. The quantitative estimate of drug-likeness (QED) is 0.416. The van der Waals surface area contributed by atoms with Gasteiger partial charge in [-0.1, -0.05) is 42.6 Å². The number of primary amides is 1. The largest absolute Gasteiger partial charge is 0.395 e. The number of rotatable bonds is 8. The van der Waals surface area contributed by atoms with E-state index in [-0.39, 0.29) is 34.8 Å². The number of amides is 3. The van der Waals surface area contributed by atoms with Crippen LogP contribution in [0.3, 0.4) is 0 Å². The molecule has 11 heteroatoms. The van der Waals surface area contributed by atoms with E-state index in [1.165, 1.54) is 16.2 Å². The number of halogens is 1. The number of hydrogen-bond donors (Lipinski definition) is 3. The third kappa shape index (κ3) is 5.24. The lowest BCUT2D eigenvalue weighted by Crippen LogP contribution is -2.45. The summed E-state index contributed by atoms with van der Waals surface area (Å²) in [6.07, 6.45) is 3.92. The van der Waals surface area contributed by atoms with Crippen LogP contribution < -0.4 is 16.8 Å². The van der Waals surface area contributed by atoms with Gasteiger partial charge < -0.3 is 21.7 Å². The van der Waals surface area contributed by atoms with E-state index in [9.17, 15) is 14.4 Å². The Kier molecular flexibility index (Phi) is 7.50. The molecule has 1 aliphatic rings. The zero-order valence-electron chi connectivity index (χ0n) is 18.2. The Morgan fingerprint density at radius 2 is 1.88 bits per heavy atom. The third-order valence-corrected chi connectivity index (χ3v) is 7.73. The monoisotopic (exact) mass is 517 g/mol. The summed E-state index contributed by atoms with van der Waals surface area (Å²) < 4.78 is 3.97. The van der Waals surface area contributed by atoms with Crippen molar-refractivity contribution < 1.29 is 14.4 Å². The number of nitrogens with zero attached hydrogens (tertiary/aromatic N) is 2.